The Morgan fingerprint density at radius 2 is 1.83 bits per heavy atom. The SMILES string of the molecule is COc1ccc(OC)c(C=CC(=O)c2ccccc2CN(C)C)c1. The maximum absolute atomic E-state index is 12.6. The largest absolute Gasteiger partial charge is 0.497 e. The van der Waals surface area contributed by atoms with Gasteiger partial charge in [0.05, 0.1) is 14.2 Å². The van der Waals surface area contributed by atoms with E-state index in [1.54, 1.807) is 26.4 Å². The Morgan fingerprint density at radius 1 is 1.08 bits per heavy atom. The Labute approximate surface area is 143 Å². The monoisotopic (exact) mass is 325 g/mol. The van der Waals surface area contributed by atoms with E-state index in [1.165, 1.54) is 0 Å². The first-order valence-electron chi connectivity index (χ1n) is 7.72. The number of carbonyl (C=O) groups is 1. The molecular weight excluding hydrogens is 302 g/mol. The fraction of sp³-hybridized carbons (Fsp3) is 0.250. The summed E-state index contributed by atoms with van der Waals surface area (Å²) in [6, 6.07) is 13.2. The molecule has 0 amide bonds. The Bertz CT molecular complexity index is 735. The van der Waals surface area contributed by atoms with Crippen molar-refractivity contribution < 1.29 is 14.3 Å². The van der Waals surface area contributed by atoms with E-state index < -0.39 is 0 Å². The van der Waals surface area contributed by atoms with E-state index in [9.17, 15) is 4.79 Å². The van der Waals surface area contributed by atoms with Crippen molar-refractivity contribution in [2.45, 2.75) is 6.54 Å². The molecule has 2 rings (SSSR count). The zero-order valence-electron chi connectivity index (χ0n) is 14.6. The van der Waals surface area contributed by atoms with Gasteiger partial charge >= 0.3 is 0 Å². The Hall–Kier alpha value is -2.59. The van der Waals surface area contributed by atoms with Crippen LogP contribution in [0.2, 0.25) is 0 Å². The highest BCUT2D eigenvalue weighted by Crippen LogP contribution is 2.25. The standard InChI is InChI=1S/C20H23NO3/c1-21(2)14-16-7-5-6-8-18(16)19(22)11-9-15-13-17(23-3)10-12-20(15)24-4/h5-13H,14H2,1-4H3. The van der Waals surface area contributed by atoms with Gasteiger partial charge in [-0.05, 0) is 50.0 Å². The summed E-state index contributed by atoms with van der Waals surface area (Å²) >= 11 is 0. The lowest BCUT2D eigenvalue weighted by molar-refractivity contribution is 0.104. The number of carbonyl (C=O) groups excluding carboxylic acids is 1. The number of hydrogen-bond donors (Lipinski definition) is 0. The molecule has 2 aromatic carbocycles. The van der Waals surface area contributed by atoms with Gasteiger partial charge in [0.2, 0.25) is 0 Å². The molecule has 24 heavy (non-hydrogen) atoms. The normalized spacial score (nSPS) is 11.0. The molecule has 2 aromatic rings. The van der Waals surface area contributed by atoms with Crippen molar-refractivity contribution in [2.75, 3.05) is 28.3 Å². The Balaban J connectivity index is 2.28. The summed E-state index contributed by atoms with van der Waals surface area (Å²) in [6.45, 7) is 0.720. The molecule has 0 radical (unpaired) electrons. The zero-order valence-corrected chi connectivity index (χ0v) is 14.6. The third kappa shape index (κ3) is 4.46. The van der Waals surface area contributed by atoms with E-state index in [0.717, 1.165) is 23.4 Å². The molecule has 0 saturated heterocycles. The third-order valence-electron chi connectivity index (χ3n) is 3.62. The van der Waals surface area contributed by atoms with Crippen LogP contribution in [-0.2, 0) is 6.54 Å². The number of benzene rings is 2. The number of allylic oxidation sites excluding steroid dienone is 1. The highest BCUT2D eigenvalue weighted by atomic mass is 16.5. The van der Waals surface area contributed by atoms with Gasteiger partial charge in [0.25, 0.3) is 0 Å². The quantitative estimate of drug-likeness (QED) is 0.575. The van der Waals surface area contributed by atoms with Crippen molar-refractivity contribution in [1.29, 1.82) is 0 Å². The molecule has 4 nitrogen and oxygen atoms in total. The van der Waals surface area contributed by atoms with Gasteiger partial charge in [0, 0.05) is 17.7 Å². The summed E-state index contributed by atoms with van der Waals surface area (Å²) in [5.41, 5.74) is 2.52. The van der Waals surface area contributed by atoms with Crippen molar-refractivity contribution in [3.05, 3.63) is 65.2 Å². The first-order valence-corrected chi connectivity index (χ1v) is 7.72. The zero-order chi connectivity index (χ0) is 17.5. The third-order valence-corrected chi connectivity index (χ3v) is 3.62. The molecule has 0 atom stereocenters. The summed E-state index contributed by atoms with van der Waals surface area (Å²) in [5, 5.41) is 0. The molecule has 126 valence electrons. The number of nitrogens with zero attached hydrogens (tertiary/aromatic N) is 1. The summed E-state index contributed by atoms with van der Waals surface area (Å²) in [7, 11) is 7.18. The minimum absolute atomic E-state index is 0.0303. The minimum Gasteiger partial charge on any atom is -0.497 e. The molecule has 0 unspecified atom stereocenters. The van der Waals surface area contributed by atoms with Gasteiger partial charge < -0.3 is 14.4 Å². The van der Waals surface area contributed by atoms with Gasteiger partial charge in [-0.2, -0.15) is 0 Å². The van der Waals surface area contributed by atoms with Crippen LogP contribution in [0.3, 0.4) is 0 Å². The summed E-state index contributed by atoms with van der Waals surface area (Å²) < 4.78 is 10.6. The van der Waals surface area contributed by atoms with Crippen molar-refractivity contribution in [1.82, 2.24) is 4.90 Å². The first-order chi connectivity index (χ1) is 11.5. The number of rotatable bonds is 7. The fourth-order valence-electron chi connectivity index (χ4n) is 2.46. The van der Waals surface area contributed by atoms with E-state index >= 15 is 0 Å². The van der Waals surface area contributed by atoms with Crippen molar-refractivity contribution >= 4 is 11.9 Å². The molecule has 0 aliphatic rings. The van der Waals surface area contributed by atoms with Gasteiger partial charge in [-0.15, -0.1) is 0 Å². The molecule has 0 aliphatic heterocycles. The van der Waals surface area contributed by atoms with E-state index in [4.69, 9.17) is 9.47 Å². The topological polar surface area (TPSA) is 38.8 Å². The van der Waals surface area contributed by atoms with E-state index in [-0.39, 0.29) is 5.78 Å². The van der Waals surface area contributed by atoms with Crippen LogP contribution in [0.5, 0.6) is 11.5 Å². The minimum atomic E-state index is -0.0303. The molecule has 0 saturated carbocycles. The number of hydrogen-bond acceptors (Lipinski definition) is 4. The van der Waals surface area contributed by atoms with Crippen molar-refractivity contribution in [3.63, 3.8) is 0 Å². The van der Waals surface area contributed by atoms with Gasteiger partial charge in [0.1, 0.15) is 11.5 Å². The Morgan fingerprint density at radius 3 is 2.50 bits per heavy atom. The maximum Gasteiger partial charge on any atom is 0.186 e. The van der Waals surface area contributed by atoms with E-state index in [2.05, 4.69) is 0 Å². The first kappa shape index (κ1) is 17.8. The second kappa shape index (κ2) is 8.31. The fourth-order valence-corrected chi connectivity index (χ4v) is 2.46. The average Bonchev–Trinajstić information content (AvgIpc) is 2.59. The van der Waals surface area contributed by atoms with E-state index in [0.29, 0.717) is 11.3 Å². The number of methoxy groups -OCH3 is 2. The molecule has 0 aliphatic carbocycles. The summed E-state index contributed by atoms with van der Waals surface area (Å²) in [5.74, 6) is 1.38. The van der Waals surface area contributed by atoms with Gasteiger partial charge in [-0.3, -0.25) is 4.79 Å². The second-order valence-electron chi connectivity index (χ2n) is 5.70. The predicted molar refractivity (Wildman–Crippen MR) is 96.7 cm³/mol. The highest BCUT2D eigenvalue weighted by molar-refractivity contribution is 6.07. The van der Waals surface area contributed by atoms with Crippen molar-refractivity contribution in [2.24, 2.45) is 0 Å². The van der Waals surface area contributed by atoms with Gasteiger partial charge in [0.15, 0.2) is 5.78 Å². The Kier molecular flexibility index (Phi) is 6.15. The van der Waals surface area contributed by atoms with E-state index in [1.807, 2.05) is 61.5 Å². The van der Waals surface area contributed by atoms with Gasteiger partial charge in [-0.25, -0.2) is 0 Å². The van der Waals surface area contributed by atoms with Gasteiger partial charge in [-0.1, -0.05) is 24.3 Å². The van der Waals surface area contributed by atoms with Crippen molar-refractivity contribution in [3.8, 4) is 11.5 Å². The molecule has 0 bridgehead atoms. The van der Waals surface area contributed by atoms with Crippen LogP contribution in [-0.4, -0.2) is 39.0 Å². The van der Waals surface area contributed by atoms with Crippen LogP contribution in [0, 0.1) is 0 Å². The average molecular weight is 325 g/mol. The lowest BCUT2D eigenvalue weighted by Gasteiger charge is -2.12. The van der Waals surface area contributed by atoms with Crippen LogP contribution in [0.1, 0.15) is 21.5 Å². The van der Waals surface area contributed by atoms with Crippen LogP contribution >= 0.6 is 0 Å². The van der Waals surface area contributed by atoms with Crippen LogP contribution in [0.4, 0.5) is 0 Å². The molecule has 0 heterocycles. The lowest BCUT2D eigenvalue weighted by Crippen LogP contribution is -2.13. The number of ether oxygens (including phenoxy) is 2. The van der Waals surface area contributed by atoms with Crippen LogP contribution in [0.25, 0.3) is 6.08 Å². The lowest BCUT2D eigenvalue weighted by atomic mass is 10.0. The molecule has 0 spiro atoms. The number of ketones is 1. The molecule has 0 aromatic heterocycles. The van der Waals surface area contributed by atoms with Crippen LogP contribution < -0.4 is 9.47 Å². The summed E-state index contributed by atoms with van der Waals surface area (Å²) in [4.78, 5) is 14.6. The maximum atomic E-state index is 12.6. The second-order valence-corrected chi connectivity index (χ2v) is 5.70. The smallest absolute Gasteiger partial charge is 0.186 e. The predicted octanol–water partition coefficient (Wildman–Crippen LogP) is 3.66. The van der Waals surface area contributed by atoms with Crippen LogP contribution in [0.15, 0.2) is 48.5 Å². The molecule has 0 fully saturated rings. The summed E-state index contributed by atoms with van der Waals surface area (Å²) in [6.07, 6.45) is 3.34. The molecule has 4 heteroatoms. The molecule has 0 N–H and O–H groups in total. The molecular formula is C20H23NO3. The highest BCUT2D eigenvalue weighted by Gasteiger charge is 2.09.